The smallest absolute Gasteiger partial charge is 0.251 e. The van der Waals surface area contributed by atoms with Crippen LogP contribution in [-0.2, 0) is 0 Å². The van der Waals surface area contributed by atoms with Crippen molar-refractivity contribution < 1.29 is 4.79 Å². The summed E-state index contributed by atoms with van der Waals surface area (Å²) in [6.07, 6.45) is 0. The van der Waals surface area contributed by atoms with Gasteiger partial charge in [0.15, 0.2) is 5.82 Å². The summed E-state index contributed by atoms with van der Waals surface area (Å²) in [6, 6.07) is 8.81. The Morgan fingerprint density at radius 3 is 2.56 bits per heavy atom. The van der Waals surface area contributed by atoms with Crippen molar-refractivity contribution in [2.24, 2.45) is 5.92 Å². The van der Waals surface area contributed by atoms with Gasteiger partial charge in [-0.2, -0.15) is 5.21 Å². The number of H-pyrrole nitrogens is 1. The number of rotatable bonds is 4. The van der Waals surface area contributed by atoms with Crippen LogP contribution in [0, 0.1) is 5.92 Å². The first-order valence-electron chi connectivity index (χ1n) is 5.77. The molecule has 2 rings (SSSR count). The lowest BCUT2D eigenvalue weighted by Gasteiger charge is -2.18. The number of nitrogens with one attached hydrogen (secondary N) is 2. The highest BCUT2D eigenvalue weighted by atomic mass is 16.1. The molecule has 94 valence electrons. The monoisotopic (exact) mass is 245 g/mol. The van der Waals surface area contributed by atoms with E-state index in [4.69, 9.17) is 0 Å². The lowest BCUT2D eigenvalue weighted by atomic mass is 10.0. The fourth-order valence-corrected chi connectivity index (χ4v) is 1.64. The van der Waals surface area contributed by atoms with E-state index in [1.165, 1.54) is 0 Å². The molecule has 2 N–H and O–H groups in total. The summed E-state index contributed by atoms with van der Waals surface area (Å²) < 4.78 is 0. The molecule has 0 spiro atoms. The van der Waals surface area contributed by atoms with Crippen LogP contribution in [0.15, 0.2) is 30.3 Å². The topological polar surface area (TPSA) is 83.6 Å². The van der Waals surface area contributed by atoms with E-state index < -0.39 is 0 Å². The molecule has 0 aliphatic carbocycles. The molecule has 6 heteroatoms. The van der Waals surface area contributed by atoms with Gasteiger partial charge in [-0.1, -0.05) is 37.3 Å². The third-order valence-corrected chi connectivity index (χ3v) is 2.63. The summed E-state index contributed by atoms with van der Waals surface area (Å²) in [6.45, 7) is 3.98. The molecular weight excluding hydrogens is 230 g/mol. The number of carbonyl (C=O) groups is 1. The molecule has 0 bridgehead atoms. The van der Waals surface area contributed by atoms with Crippen LogP contribution >= 0.6 is 0 Å². The highest BCUT2D eigenvalue weighted by Gasteiger charge is 2.22. The van der Waals surface area contributed by atoms with Gasteiger partial charge in [-0.05, 0) is 18.1 Å². The predicted molar refractivity (Wildman–Crippen MR) is 65.7 cm³/mol. The summed E-state index contributed by atoms with van der Waals surface area (Å²) in [4.78, 5) is 12.1. The summed E-state index contributed by atoms with van der Waals surface area (Å²) in [5, 5.41) is 16.7. The van der Waals surface area contributed by atoms with E-state index in [1.54, 1.807) is 12.1 Å². The van der Waals surface area contributed by atoms with Crippen LogP contribution in [0.3, 0.4) is 0 Å². The Kier molecular flexibility index (Phi) is 3.66. The van der Waals surface area contributed by atoms with E-state index in [1.807, 2.05) is 32.0 Å². The Bertz CT molecular complexity index is 494. The minimum atomic E-state index is -0.253. The molecule has 1 heterocycles. The van der Waals surface area contributed by atoms with Gasteiger partial charge in [0.2, 0.25) is 0 Å². The second kappa shape index (κ2) is 5.39. The average Bonchev–Trinajstić information content (AvgIpc) is 2.90. The molecule has 2 aromatic rings. The number of hydrogen-bond acceptors (Lipinski definition) is 4. The zero-order chi connectivity index (χ0) is 13.0. The molecule has 1 atom stereocenters. The third-order valence-electron chi connectivity index (χ3n) is 2.63. The maximum absolute atomic E-state index is 12.1. The van der Waals surface area contributed by atoms with Crippen molar-refractivity contribution in [3.05, 3.63) is 41.7 Å². The summed E-state index contributed by atoms with van der Waals surface area (Å²) >= 11 is 0. The van der Waals surface area contributed by atoms with Crippen LogP contribution in [-0.4, -0.2) is 26.5 Å². The summed E-state index contributed by atoms with van der Waals surface area (Å²) in [5.74, 6) is 0.531. The van der Waals surface area contributed by atoms with E-state index in [-0.39, 0.29) is 17.9 Å². The number of benzene rings is 1. The minimum absolute atomic E-state index is 0.140. The highest BCUT2D eigenvalue weighted by Crippen LogP contribution is 2.17. The summed E-state index contributed by atoms with van der Waals surface area (Å²) in [5.41, 5.74) is 0.617. The number of tetrazole rings is 1. The molecule has 0 saturated carbocycles. The van der Waals surface area contributed by atoms with Crippen LogP contribution in [0.25, 0.3) is 0 Å². The Labute approximate surface area is 105 Å². The Morgan fingerprint density at radius 2 is 2.00 bits per heavy atom. The number of nitrogens with zero attached hydrogens (tertiary/aromatic N) is 3. The lowest BCUT2D eigenvalue weighted by Crippen LogP contribution is -2.32. The van der Waals surface area contributed by atoms with Gasteiger partial charge >= 0.3 is 0 Å². The second-order valence-electron chi connectivity index (χ2n) is 4.33. The van der Waals surface area contributed by atoms with Gasteiger partial charge in [-0.15, -0.1) is 10.2 Å². The number of hydrogen-bond donors (Lipinski definition) is 2. The first-order valence-corrected chi connectivity index (χ1v) is 5.77. The molecule has 0 fully saturated rings. The SMILES string of the molecule is CC(C)[C@H](NC(=O)c1ccccc1)c1nn[nH]n1. The largest absolute Gasteiger partial charge is 0.342 e. The standard InChI is InChI=1S/C12H15N5O/c1-8(2)10(11-14-16-17-15-11)13-12(18)9-6-4-3-5-7-9/h3-8,10H,1-2H3,(H,13,18)(H,14,15,16,17)/t10-/m0/s1. The van der Waals surface area contributed by atoms with Gasteiger partial charge < -0.3 is 5.32 Å². The molecule has 0 aliphatic rings. The molecule has 18 heavy (non-hydrogen) atoms. The molecule has 0 aliphatic heterocycles. The molecule has 0 radical (unpaired) electrons. The quantitative estimate of drug-likeness (QED) is 0.851. The van der Waals surface area contributed by atoms with Gasteiger partial charge in [0.1, 0.15) is 0 Å². The molecule has 1 aromatic carbocycles. The van der Waals surface area contributed by atoms with Crippen molar-refractivity contribution >= 4 is 5.91 Å². The normalized spacial score (nSPS) is 12.4. The number of amides is 1. The van der Waals surface area contributed by atoms with Crippen LogP contribution in [0.1, 0.15) is 36.1 Å². The second-order valence-corrected chi connectivity index (χ2v) is 4.33. The van der Waals surface area contributed by atoms with Crippen LogP contribution in [0.2, 0.25) is 0 Å². The van der Waals surface area contributed by atoms with Gasteiger partial charge in [-0.25, -0.2) is 0 Å². The van der Waals surface area contributed by atoms with E-state index >= 15 is 0 Å². The molecule has 1 aromatic heterocycles. The molecular formula is C12H15N5O. The third kappa shape index (κ3) is 2.71. The summed E-state index contributed by atoms with van der Waals surface area (Å²) in [7, 11) is 0. The number of aromatic nitrogens is 4. The fraction of sp³-hybridized carbons (Fsp3) is 0.333. The van der Waals surface area contributed by atoms with Gasteiger partial charge in [-0.3, -0.25) is 4.79 Å². The maximum atomic E-state index is 12.1. The molecule has 1 amide bonds. The highest BCUT2D eigenvalue weighted by molar-refractivity contribution is 5.94. The van der Waals surface area contributed by atoms with E-state index in [9.17, 15) is 4.79 Å². The van der Waals surface area contributed by atoms with E-state index in [0.29, 0.717) is 11.4 Å². The van der Waals surface area contributed by atoms with Crippen molar-refractivity contribution in [2.75, 3.05) is 0 Å². The minimum Gasteiger partial charge on any atom is -0.342 e. The molecule has 6 nitrogen and oxygen atoms in total. The lowest BCUT2D eigenvalue weighted by molar-refractivity contribution is 0.0923. The van der Waals surface area contributed by atoms with Crippen molar-refractivity contribution in [2.45, 2.75) is 19.9 Å². The number of carbonyl (C=O) groups excluding carboxylic acids is 1. The van der Waals surface area contributed by atoms with Crippen molar-refractivity contribution in [1.82, 2.24) is 25.9 Å². The van der Waals surface area contributed by atoms with E-state index in [0.717, 1.165) is 0 Å². The van der Waals surface area contributed by atoms with Crippen molar-refractivity contribution in [1.29, 1.82) is 0 Å². The van der Waals surface area contributed by atoms with Gasteiger partial charge in [0.25, 0.3) is 5.91 Å². The Hall–Kier alpha value is -2.24. The van der Waals surface area contributed by atoms with Gasteiger partial charge in [0.05, 0.1) is 6.04 Å². The van der Waals surface area contributed by atoms with Crippen molar-refractivity contribution in [3.8, 4) is 0 Å². The fourth-order valence-electron chi connectivity index (χ4n) is 1.64. The zero-order valence-electron chi connectivity index (χ0n) is 10.3. The van der Waals surface area contributed by atoms with Crippen LogP contribution in [0.4, 0.5) is 0 Å². The first kappa shape index (κ1) is 12.2. The van der Waals surface area contributed by atoms with Crippen LogP contribution in [0.5, 0.6) is 0 Å². The van der Waals surface area contributed by atoms with Crippen molar-refractivity contribution in [3.63, 3.8) is 0 Å². The zero-order valence-corrected chi connectivity index (χ0v) is 10.3. The average molecular weight is 245 g/mol. The predicted octanol–water partition coefficient (Wildman–Crippen LogP) is 1.33. The molecule has 0 saturated heterocycles. The number of aromatic amines is 1. The van der Waals surface area contributed by atoms with Gasteiger partial charge in [0, 0.05) is 5.56 Å². The Morgan fingerprint density at radius 1 is 1.28 bits per heavy atom. The molecule has 0 unspecified atom stereocenters. The van der Waals surface area contributed by atoms with Crippen LogP contribution < -0.4 is 5.32 Å². The van der Waals surface area contributed by atoms with E-state index in [2.05, 4.69) is 25.9 Å². The Balaban J connectivity index is 2.13. The maximum Gasteiger partial charge on any atom is 0.251 e. The first-order chi connectivity index (χ1) is 8.68.